The molecular formula is C19H26N4O6. The molecule has 6 N–H and O–H groups in total. The molecule has 0 aliphatic carbocycles. The summed E-state index contributed by atoms with van der Waals surface area (Å²) in [6.07, 6.45) is 1.11. The molecule has 1 fully saturated rings. The van der Waals surface area contributed by atoms with Crippen molar-refractivity contribution in [3.8, 4) is 0 Å². The molecule has 1 aliphatic heterocycles. The van der Waals surface area contributed by atoms with Gasteiger partial charge in [0.05, 0.1) is 13.2 Å². The molecule has 1 heterocycles. The first kappa shape index (κ1) is 22.3. The van der Waals surface area contributed by atoms with Crippen molar-refractivity contribution in [2.45, 2.75) is 37.4 Å². The summed E-state index contributed by atoms with van der Waals surface area (Å²) in [4.78, 5) is 49.5. The maximum atomic E-state index is 12.6. The van der Waals surface area contributed by atoms with E-state index in [4.69, 9.17) is 10.8 Å². The summed E-state index contributed by atoms with van der Waals surface area (Å²) in [5, 5.41) is 23.1. The van der Waals surface area contributed by atoms with Crippen molar-refractivity contribution in [2.75, 3.05) is 19.7 Å². The van der Waals surface area contributed by atoms with E-state index in [2.05, 4.69) is 10.6 Å². The monoisotopic (exact) mass is 406 g/mol. The van der Waals surface area contributed by atoms with Gasteiger partial charge in [-0.1, -0.05) is 30.3 Å². The molecule has 0 aromatic heterocycles. The topological polar surface area (TPSA) is 162 Å². The van der Waals surface area contributed by atoms with Crippen LogP contribution in [0.1, 0.15) is 18.4 Å². The minimum Gasteiger partial charge on any atom is -0.480 e. The van der Waals surface area contributed by atoms with E-state index >= 15 is 0 Å². The van der Waals surface area contributed by atoms with Gasteiger partial charge in [-0.2, -0.15) is 0 Å². The average molecular weight is 406 g/mol. The van der Waals surface area contributed by atoms with Gasteiger partial charge in [0.15, 0.2) is 0 Å². The number of carboxylic acid groups (broad SMARTS) is 1. The molecule has 158 valence electrons. The number of amides is 3. The highest BCUT2D eigenvalue weighted by molar-refractivity contribution is 5.93. The van der Waals surface area contributed by atoms with Gasteiger partial charge in [-0.15, -0.1) is 0 Å². The predicted octanol–water partition coefficient (Wildman–Crippen LogP) is -1.77. The van der Waals surface area contributed by atoms with Crippen LogP contribution in [0.15, 0.2) is 30.3 Å². The Morgan fingerprint density at radius 2 is 1.90 bits per heavy atom. The number of hydrogen-bond acceptors (Lipinski definition) is 6. The largest absolute Gasteiger partial charge is 0.480 e. The Hall–Kier alpha value is -2.98. The summed E-state index contributed by atoms with van der Waals surface area (Å²) >= 11 is 0. The van der Waals surface area contributed by atoms with Crippen molar-refractivity contribution in [1.82, 2.24) is 15.5 Å². The third kappa shape index (κ3) is 6.26. The third-order valence-electron chi connectivity index (χ3n) is 4.72. The van der Waals surface area contributed by atoms with E-state index in [-0.39, 0.29) is 13.0 Å². The number of rotatable bonds is 9. The number of nitrogens with two attached hydrogens (primary N) is 1. The molecule has 3 unspecified atom stereocenters. The first-order chi connectivity index (χ1) is 13.8. The number of benzene rings is 1. The molecule has 3 amide bonds. The summed E-state index contributed by atoms with van der Waals surface area (Å²) in [5.41, 5.74) is 6.14. The van der Waals surface area contributed by atoms with Crippen LogP contribution < -0.4 is 16.4 Å². The van der Waals surface area contributed by atoms with Gasteiger partial charge in [-0.3, -0.25) is 14.4 Å². The van der Waals surface area contributed by atoms with Gasteiger partial charge in [0, 0.05) is 13.0 Å². The van der Waals surface area contributed by atoms with Gasteiger partial charge in [-0.25, -0.2) is 4.79 Å². The highest BCUT2D eigenvalue weighted by Gasteiger charge is 2.35. The zero-order valence-electron chi connectivity index (χ0n) is 15.9. The highest BCUT2D eigenvalue weighted by atomic mass is 16.4. The molecule has 0 spiro atoms. The molecule has 1 aromatic carbocycles. The molecular weight excluding hydrogens is 380 g/mol. The SMILES string of the molecule is NC(CO)C(=O)NCC(=O)N1CCCC1C(=O)NC(Cc1ccccc1)C(=O)O. The normalized spacial score (nSPS) is 18.0. The van der Waals surface area contributed by atoms with Crippen LogP contribution in [0, 0.1) is 0 Å². The first-order valence-electron chi connectivity index (χ1n) is 9.34. The lowest BCUT2D eigenvalue weighted by Crippen LogP contribution is -2.53. The zero-order chi connectivity index (χ0) is 21.4. The number of hydrogen-bond donors (Lipinski definition) is 5. The lowest BCUT2D eigenvalue weighted by molar-refractivity contribution is -0.144. The molecule has 1 aliphatic rings. The van der Waals surface area contributed by atoms with E-state index < -0.39 is 48.4 Å². The fourth-order valence-electron chi connectivity index (χ4n) is 3.13. The first-order valence-corrected chi connectivity index (χ1v) is 9.34. The second kappa shape index (κ2) is 10.5. The quantitative estimate of drug-likeness (QED) is 0.324. The summed E-state index contributed by atoms with van der Waals surface area (Å²) < 4.78 is 0. The second-order valence-corrected chi connectivity index (χ2v) is 6.84. The Balaban J connectivity index is 1.96. The minimum absolute atomic E-state index is 0.123. The van der Waals surface area contributed by atoms with Crippen molar-refractivity contribution >= 4 is 23.7 Å². The van der Waals surface area contributed by atoms with E-state index in [1.54, 1.807) is 24.3 Å². The summed E-state index contributed by atoms with van der Waals surface area (Å²) in [7, 11) is 0. The van der Waals surface area contributed by atoms with Crippen LogP contribution in [-0.4, -0.2) is 76.6 Å². The minimum atomic E-state index is -1.16. The Kier molecular flexibility index (Phi) is 8.10. The summed E-state index contributed by atoms with van der Waals surface area (Å²) in [5.74, 6) is -2.85. The number of carbonyl (C=O) groups is 4. The van der Waals surface area contributed by atoms with Crippen molar-refractivity contribution in [2.24, 2.45) is 5.73 Å². The zero-order valence-corrected chi connectivity index (χ0v) is 15.9. The number of likely N-dealkylation sites (tertiary alicyclic amines) is 1. The van der Waals surface area contributed by atoms with Crippen LogP contribution in [0.2, 0.25) is 0 Å². The lowest BCUT2D eigenvalue weighted by Gasteiger charge is -2.26. The fraction of sp³-hybridized carbons (Fsp3) is 0.474. The fourth-order valence-corrected chi connectivity index (χ4v) is 3.13. The maximum Gasteiger partial charge on any atom is 0.326 e. The molecule has 1 saturated heterocycles. The van der Waals surface area contributed by atoms with E-state index in [1.165, 1.54) is 4.90 Å². The van der Waals surface area contributed by atoms with Crippen LogP contribution >= 0.6 is 0 Å². The third-order valence-corrected chi connectivity index (χ3v) is 4.72. The molecule has 0 bridgehead atoms. The predicted molar refractivity (Wildman–Crippen MR) is 103 cm³/mol. The average Bonchev–Trinajstić information content (AvgIpc) is 3.21. The van der Waals surface area contributed by atoms with Gasteiger partial charge in [0.1, 0.15) is 18.1 Å². The van der Waals surface area contributed by atoms with Gasteiger partial charge < -0.3 is 31.5 Å². The maximum absolute atomic E-state index is 12.6. The molecule has 29 heavy (non-hydrogen) atoms. The van der Waals surface area contributed by atoms with Crippen molar-refractivity contribution in [1.29, 1.82) is 0 Å². The van der Waals surface area contributed by atoms with E-state index in [1.807, 2.05) is 6.07 Å². The molecule has 0 saturated carbocycles. The Morgan fingerprint density at radius 1 is 1.21 bits per heavy atom. The molecule has 0 radical (unpaired) electrons. The molecule has 3 atom stereocenters. The Labute approximate surface area is 168 Å². The van der Waals surface area contributed by atoms with Crippen LogP contribution in [-0.2, 0) is 25.6 Å². The number of nitrogens with zero attached hydrogens (tertiary/aromatic N) is 1. The number of aliphatic hydroxyl groups is 1. The molecule has 10 nitrogen and oxygen atoms in total. The van der Waals surface area contributed by atoms with E-state index in [0.717, 1.165) is 5.56 Å². The van der Waals surface area contributed by atoms with Crippen LogP contribution in [0.5, 0.6) is 0 Å². The van der Waals surface area contributed by atoms with Gasteiger partial charge in [0.25, 0.3) is 0 Å². The summed E-state index contributed by atoms with van der Waals surface area (Å²) in [6.45, 7) is -0.579. The van der Waals surface area contributed by atoms with E-state index in [9.17, 15) is 24.3 Å². The standard InChI is InChI=1S/C19H26N4O6/c20-13(11-24)17(26)21-10-16(25)23-8-4-7-15(23)18(27)22-14(19(28)29)9-12-5-2-1-3-6-12/h1-3,5-6,13-15,24H,4,7-11,20H2,(H,21,26)(H,22,27)(H,28,29). The number of aliphatic carboxylic acids is 1. The number of carbonyl (C=O) groups excluding carboxylic acids is 3. The van der Waals surface area contributed by atoms with E-state index in [0.29, 0.717) is 19.4 Å². The Morgan fingerprint density at radius 3 is 2.52 bits per heavy atom. The van der Waals surface area contributed by atoms with Gasteiger partial charge >= 0.3 is 5.97 Å². The summed E-state index contributed by atoms with van der Waals surface area (Å²) in [6, 6.07) is 5.87. The molecule has 1 aromatic rings. The van der Waals surface area contributed by atoms with Crippen molar-refractivity contribution < 1.29 is 29.4 Å². The highest BCUT2D eigenvalue weighted by Crippen LogP contribution is 2.18. The number of nitrogens with one attached hydrogen (secondary N) is 2. The van der Waals surface area contributed by atoms with Crippen LogP contribution in [0.3, 0.4) is 0 Å². The molecule has 10 heteroatoms. The van der Waals surface area contributed by atoms with Crippen molar-refractivity contribution in [3.05, 3.63) is 35.9 Å². The second-order valence-electron chi connectivity index (χ2n) is 6.84. The van der Waals surface area contributed by atoms with Gasteiger partial charge in [0.2, 0.25) is 17.7 Å². The smallest absolute Gasteiger partial charge is 0.326 e. The number of aliphatic hydroxyl groups excluding tert-OH is 1. The van der Waals surface area contributed by atoms with Crippen LogP contribution in [0.25, 0.3) is 0 Å². The van der Waals surface area contributed by atoms with Gasteiger partial charge in [-0.05, 0) is 18.4 Å². The number of carboxylic acids is 1. The van der Waals surface area contributed by atoms with Crippen molar-refractivity contribution in [3.63, 3.8) is 0 Å². The van der Waals surface area contributed by atoms with Crippen LogP contribution in [0.4, 0.5) is 0 Å². The Bertz CT molecular complexity index is 741. The molecule has 2 rings (SSSR count). The lowest BCUT2D eigenvalue weighted by atomic mass is 10.1.